The number of hydrogen-bond acceptors (Lipinski definition) is 4. The Morgan fingerprint density at radius 3 is 3.29 bits per heavy atom. The van der Waals surface area contributed by atoms with Crippen LogP contribution in [0.15, 0.2) is 18.6 Å². The maximum Gasteiger partial charge on any atom is 0.115 e. The molecule has 1 saturated heterocycles. The van der Waals surface area contributed by atoms with Crippen LogP contribution in [0.25, 0.3) is 0 Å². The van der Waals surface area contributed by atoms with Crippen LogP contribution in [0.3, 0.4) is 0 Å². The van der Waals surface area contributed by atoms with Crippen LogP contribution in [0.5, 0.6) is 0 Å². The Bertz CT molecular complexity index is 259. The molecule has 0 aliphatic carbocycles. The molecule has 76 valence electrons. The molecule has 4 heteroatoms. The first-order chi connectivity index (χ1) is 6.95. The summed E-state index contributed by atoms with van der Waals surface area (Å²) in [4.78, 5) is 8.05. The average molecular weight is 209 g/mol. The molecular formula is C10H15N3S. The van der Waals surface area contributed by atoms with Crippen molar-refractivity contribution >= 4 is 11.8 Å². The summed E-state index contributed by atoms with van der Waals surface area (Å²) in [6.45, 7) is 1.99. The van der Waals surface area contributed by atoms with Gasteiger partial charge in [-0.05, 0) is 36.5 Å². The number of thioether (sulfide) groups is 1. The molecule has 1 aliphatic rings. The van der Waals surface area contributed by atoms with E-state index in [1.165, 1.54) is 17.9 Å². The second-order valence-corrected chi connectivity index (χ2v) is 4.71. The van der Waals surface area contributed by atoms with Crippen molar-refractivity contribution in [1.29, 1.82) is 0 Å². The van der Waals surface area contributed by atoms with E-state index < -0.39 is 0 Å². The van der Waals surface area contributed by atoms with Gasteiger partial charge in [0.05, 0.1) is 5.69 Å². The van der Waals surface area contributed by atoms with Gasteiger partial charge in [-0.15, -0.1) is 0 Å². The summed E-state index contributed by atoms with van der Waals surface area (Å²) in [5.41, 5.74) is 1.07. The lowest BCUT2D eigenvalue weighted by Crippen LogP contribution is -2.22. The molecule has 2 heterocycles. The van der Waals surface area contributed by atoms with Crippen molar-refractivity contribution in [2.45, 2.75) is 13.0 Å². The fraction of sp³-hybridized carbons (Fsp3) is 0.600. The summed E-state index contributed by atoms with van der Waals surface area (Å²) in [6.07, 6.45) is 4.75. The molecule has 0 aromatic carbocycles. The first-order valence-electron chi connectivity index (χ1n) is 4.98. The minimum absolute atomic E-state index is 0.863. The number of rotatable bonds is 4. The fourth-order valence-electron chi connectivity index (χ4n) is 1.57. The number of nitrogens with one attached hydrogen (secondary N) is 1. The van der Waals surface area contributed by atoms with E-state index in [0.29, 0.717) is 0 Å². The minimum Gasteiger partial charge on any atom is -0.311 e. The van der Waals surface area contributed by atoms with Gasteiger partial charge < -0.3 is 5.32 Å². The molecule has 1 aliphatic heterocycles. The van der Waals surface area contributed by atoms with Crippen molar-refractivity contribution < 1.29 is 0 Å². The highest BCUT2D eigenvalue weighted by atomic mass is 32.2. The molecular weight excluding hydrogens is 194 g/mol. The molecule has 3 nitrogen and oxygen atoms in total. The van der Waals surface area contributed by atoms with Gasteiger partial charge in [0, 0.05) is 12.7 Å². The molecule has 1 N–H and O–H groups in total. The zero-order valence-corrected chi connectivity index (χ0v) is 8.96. The Morgan fingerprint density at radius 2 is 2.57 bits per heavy atom. The predicted molar refractivity (Wildman–Crippen MR) is 59.2 cm³/mol. The molecule has 0 spiro atoms. The number of nitrogens with zero attached hydrogens (tertiary/aromatic N) is 2. The maximum atomic E-state index is 4.16. The number of aromatic nitrogens is 2. The van der Waals surface area contributed by atoms with E-state index in [1.807, 2.05) is 6.07 Å². The zero-order valence-electron chi connectivity index (χ0n) is 8.15. The van der Waals surface area contributed by atoms with Crippen LogP contribution in [-0.4, -0.2) is 28.0 Å². The Morgan fingerprint density at radius 1 is 1.57 bits per heavy atom. The molecule has 14 heavy (non-hydrogen) atoms. The van der Waals surface area contributed by atoms with E-state index in [1.54, 1.807) is 12.5 Å². The highest BCUT2D eigenvalue weighted by molar-refractivity contribution is 7.99. The lowest BCUT2D eigenvalue weighted by Gasteiger charge is -2.08. The van der Waals surface area contributed by atoms with Gasteiger partial charge in [0.1, 0.15) is 6.33 Å². The predicted octanol–water partition coefficient (Wildman–Crippen LogP) is 1.32. The third-order valence-electron chi connectivity index (χ3n) is 2.41. The van der Waals surface area contributed by atoms with Gasteiger partial charge in [-0.2, -0.15) is 11.8 Å². The van der Waals surface area contributed by atoms with Crippen molar-refractivity contribution in [3.05, 3.63) is 24.3 Å². The summed E-state index contributed by atoms with van der Waals surface area (Å²) < 4.78 is 0. The first kappa shape index (κ1) is 9.93. The summed E-state index contributed by atoms with van der Waals surface area (Å²) in [5, 5.41) is 3.44. The molecule has 1 aromatic heterocycles. The highest BCUT2D eigenvalue weighted by Crippen LogP contribution is 2.22. The van der Waals surface area contributed by atoms with E-state index in [4.69, 9.17) is 0 Å². The van der Waals surface area contributed by atoms with E-state index in [9.17, 15) is 0 Å². The van der Waals surface area contributed by atoms with Crippen molar-refractivity contribution in [3.63, 3.8) is 0 Å². The first-order valence-corrected chi connectivity index (χ1v) is 6.14. The second kappa shape index (κ2) is 5.32. The Kier molecular flexibility index (Phi) is 3.77. The Balaban J connectivity index is 1.67. The molecule has 0 amide bonds. The minimum atomic E-state index is 0.863. The highest BCUT2D eigenvalue weighted by Gasteiger charge is 2.14. The van der Waals surface area contributed by atoms with Crippen molar-refractivity contribution in [3.8, 4) is 0 Å². The average Bonchev–Trinajstić information content (AvgIpc) is 2.72. The lowest BCUT2D eigenvalue weighted by molar-refractivity contribution is 0.520. The number of hydrogen-bond donors (Lipinski definition) is 1. The van der Waals surface area contributed by atoms with Crippen LogP contribution in [0.4, 0.5) is 0 Å². The van der Waals surface area contributed by atoms with Crippen LogP contribution in [0.2, 0.25) is 0 Å². The third kappa shape index (κ3) is 2.96. The van der Waals surface area contributed by atoms with E-state index >= 15 is 0 Å². The van der Waals surface area contributed by atoms with Gasteiger partial charge in [0.15, 0.2) is 0 Å². The van der Waals surface area contributed by atoms with Crippen LogP contribution in [0.1, 0.15) is 12.1 Å². The second-order valence-electron chi connectivity index (χ2n) is 3.56. The van der Waals surface area contributed by atoms with Crippen LogP contribution in [-0.2, 0) is 6.54 Å². The topological polar surface area (TPSA) is 37.8 Å². The summed E-state index contributed by atoms with van der Waals surface area (Å²) in [5.74, 6) is 3.51. The van der Waals surface area contributed by atoms with Gasteiger partial charge in [0.25, 0.3) is 0 Å². The third-order valence-corrected chi connectivity index (χ3v) is 3.64. The molecule has 0 bridgehead atoms. The van der Waals surface area contributed by atoms with Crippen LogP contribution in [0, 0.1) is 5.92 Å². The van der Waals surface area contributed by atoms with Crippen LogP contribution < -0.4 is 5.32 Å². The SMILES string of the molecule is c1cc(CNCC2CCSC2)ncn1. The molecule has 0 radical (unpaired) electrons. The molecule has 1 atom stereocenters. The monoisotopic (exact) mass is 209 g/mol. The summed E-state index contributed by atoms with van der Waals surface area (Å²) in [7, 11) is 0. The Labute approximate surface area is 88.7 Å². The quantitative estimate of drug-likeness (QED) is 0.811. The molecule has 1 aromatic rings. The van der Waals surface area contributed by atoms with Gasteiger partial charge in [-0.1, -0.05) is 0 Å². The van der Waals surface area contributed by atoms with Gasteiger partial charge >= 0.3 is 0 Å². The van der Waals surface area contributed by atoms with Gasteiger partial charge in [-0.25, -0.2) is 9.97 Å². The fourth-order valence-corrected chi connectivity index (χ4v) is 2.86. The molecule has 1 fully saturated rings. The summed E-state index contributed by atoms with van der Waals surface area (Å²) >= 11 is 2.06. The van der Waals surface area contributed by atoms with Crippen molar-refractivity contribution in [2.24, 2.45) is 5.92 Å². The van der Waals surface area contributed by atoms with Gasteiger partial charge in [0.2, 0.25) is 0 Å². The van der Waals surface area contributed by atoms with Crippen LogP contribution >= 0.6 is 11.8 Å². The largest absolute Gasteiger partial charge is 0.311 e. The molecule has 0 saturated carbocycles. The Hall–Kier alpha value is -0.610. The van der Waals surface area contributed by atoms with Crippen molar-refractivity contribution in [1.82, 2.24) is 15.3 Å². The molecule has 1 unspecified atom stereocenters. The van der Waals surface area contributed by atoms with Crippen molar-refractivity contribution in [2.75, 3.05) is 18.1 Å². The zero-order chi connectivity index (χ0) is 9.64. The molecule has 2 rings (SSSR count). The maximum absolute atomic E-state index is 4.16. The van der Waals surface area contributed by atoms with E-state index in [-0.39, 0.29) is 0 Å². The standard InChI is InChI=1S/C10H15N3S/c1-3-11-8-13-10(1)6-12-5-9-2-4-14-7-9/h1,3,8-9,12H,2,4-7H2. The van der Waals surface area contributed by atoms with E-state index in [2.05, 4.69) is 27.0 Å². The summed E-state index contributed by atoms with van der Waals surface area (Å²) in [6, 6.07) is 1.95. The normalized spacial score (nSPS) is 21.3. The van der Waals surface area contributed by atoms with Gasteiger partial charge in [-0.3, -0.25) is 0 Å². The lowest BCUT2D eigenvalue weighted by atomic mass is 10.1. The smallest absolute Gasteiger partial charge is 0.115 e. The van der Waals surface area contributed by atoms with E-state index in [0.717, 1.165) is 24.7 Å².